The first-order valence-corrected chi connectivity index (χ1v) is 5.78. The number of carbonyl (C=O) groups excluding carboxylic acids is 1. The summed E-state index contributed by atoms with van der Waals surface area (Å²) in [6.45, 7) is 8.54. The topological polar surface area (TPSA) is 55.8 Å². The van der Waals surface area contributed by atoms with Crippen LogP contribution in [0.2, 0.25) is 0 Å². The van der Waals surface area contributed by atoms with Crippen molar-refractivity contribution in [2.24, 2.45) is 17.8 Å². The van der Waals surface area contributed by atoms with E-state index in [1.54, 1.807) is 0 Å². The van der Waals surface area contributed by atoms with Crippen LogP contribution in [0.3, 0.4) is 0 Å². The van der Waals surface area contributed by atoms with Crippen molar-refractivity contribution in [3.63, 3.8) is 0 Å². The molecule has 1 rings (SSSR count). The van der Waals surface area contributed by atoms with Crippen LogP contribution in [0.25, 0.3) is 0 Å². The predicted molar refractivity (Wildman–Crippen MR) is 59.9 cm³/mol. The summed E-state index contributed by atoms with van der Waals surface area (Å²) in [5.74, 6) is 0.422. The van der Waals surface area contributed by atoms with Crippen molar-refractivity contribution in [2.75, 3.05) is 19.8 Å². The maximum Gasteiger partial charge on any atom is 0.310 e. The zero-order valence-corrected chi connectivity index (χ0v) is 10.5. The molecule has 1 fully saturated rings. The highest BCUT2D eigenvalue weighted by molar-refractivity contribution is 5.76. The van der Waals surface area contributed by atoms with Gasteiger partial charge in [-0.15, -0.1) is 0 Å². The van der Waals surface area contributed by atoms with Gasteiger partial charge in [0.15, 0.2) is 0 Å². The number of hydrogen-bond donors (Lipinski definition) is 1. The Morgan fingerprint density at radius 2 is 2.00 bits per heavy atom. The van der Waals surface area contributed by atoms with E-state index in [-0.39, 0.29) is 24.4 Å². The fourth-order valence-electron chi connectivity index (χ4n) is 1.84. The van der Waals surface area contributed by atoms with E-state index in [9.17, 15) is 4.79 Å². The number of aliphatic hydroxyl groups excluding tert-OH is 1. The van der Waals surface area contributed by atoms with Crippen LogP contribution in [0.15, 0.2) is 0 Å². The molecule has 0 aromatic heterocycles. The minimum absolute atomic E-state index is 0.0260. The Bertz CT molecular complexity index is 244. The summed E-state index contributed by atoms with van der Waals surface area (Å²) in [6, 6.07) is 0. The van der Waals surface area contributed by atoms with Gasteiger partial charge in [0.05, 0.1) is 25.7 Å². The Morgan fingerprint density at radius 1 is 1.38 bits per heavy atom. The van der Waals surface area contributed by atoms with Crippen molar-refractivity contribution >= 4 is 5.97 Å². The van der Waals surface area contributed by atoms with Gasteiger partial charge < -0.3 is 14.6 Å². The highest BCUT2D eigenvalue weighted by atomic mass is 16.6. The third kappa shape index (κ3) is 3.76. The number of carbonyl (C=O) groups is 1. The molecule has 0 heterocycles. The van der Waals surface area contributed by atoms with Gasteiger partial charge in [0.25, 0.3) is 0 Å². The first kappa shape index (κ1) is 13.5. The second-order valence-corrected chi connectivity index (χ2v) is 5.38. The molecule has 0 aromatic rings. The largest absolute Gasteiger partial charge is 0.460 e. The Morgan fingerprint density at radius 3 is 2.50 bits per heavy atom. The van der Waals surface area contributed by atoms with Crippen molar-refractivity contribution in [3.8, 4) is 0 Å². The lowest BCUT2D eigenvalue weighted by atomic mass is 10.2. The van der Waals surface area contributed by atoms with Crippen LogP contribution in [0.4, 0.5) is 0 Å². The summed E-state index contributed by atoms with van der Waals surface area (Å²) < 4.78 is 10.6. The van der Waals surface area contributed by atoms with Gasteiger partial charge >= 0.3 is 5.97 Å². The fourth-order valence-corrected chi connectivity index (χ4v) is 1.84. The smallest absolute Gasteiger partial charge is 0.310 e. The van der Waals surface area contributed by atoms with Crippen molar-refractivity contribution in [3.05, 3.63) is 0 Å². The van der Waals surface area contributed by atoms with Crippen LogP contribution in [0.5, 0.6) is 0 Å². The van der Waals surface area contributed by atoms with Crippen LogP contribution in [-0.2, 0) is 14.3 Å². The quantitative estimate of drug-likeness (QED) is 0.570. The number of hydrogen-bond acceptors (Lipinski definition) is 4. The van der Waals surface area contributed by atoms with E-state index < -0.39 is 5.60 Å². The molecule has 0 radical (unpaired) electrons. The summed E-state index contributed by atoms with van der Waals surface area (Å²) in [4.78, 5) is 11.7. The molecule has 0 unspecified atom stereocenters. The van der Waals surface area contributed by atoms with Crippen molar-refractivity contribution in [1.29, 1.82) is 0 Å². The Kier molecular flexibility index (Phi) is 4.33. The summed E-state index contributed by atoms with van der Waals surface area (Å²) in [7, 11) is 0. The van der Waals surface area contributed by atoms with Crippen LogP contribution >= 0.6 is 0 Å². The van der Waals surface area contributed by atoms with Gasteiger partial charge in [-0.2, -0.15) is 0 Å². The van der Waals surface area contributed by atoms with Crippen LogP contribution < -0.4 is 0 Å². The summed E-state index contributed by atoms with van der Waals surface area (Å²) in [6.07, 6.45) is 0. The van der Waals surface area contributed by atoms with E-state index in [1.165, 1.54) is 0 Å². The second kappa shape index (κ2) is 5.15. The molecule has 0 aromatic carbocycles. The predicted octanol–water partition coefficient (Wildman–Crippen LogP) is 1.22. The van der Waals surface area contributed by atoms with Gasteiger partial charge in [0.2, 0.25) is 0 Å². The molecule has 0 amide bonds. The van der Waals surface area contributed by atoms with Crippen LogP contribution in [0, 0.1) is 17.8 Å². The first-order valence-electron chi connectivity index (χ1n) is 5.78. The maximum atomic E-state index is 11.7. The molecule has 0 bridgehead atoms. The standard InChI is InChI=1S/C12H22O4/c1-8-9(7-15-6-5-13)10(8)11(14)16-12(2,3)4/h8-10,13H,5-7H2,1-4H3/t8-,9+,10+/m0/s1. The summed E-state index contributed by atoms with van der Waals surface area (Å²) in [5, 5.41) is 8.58. The van der Waals surface area contributed by atoms with Gasteiger partial charge in [-0.05, 0) is 32.6 Å². The second-order valence-electron chi connectivity index (χ2n) is 5.38. The van der Waals surface area contributed by atoms with E-state index >= 15 is 0 Å². The lowest BCUT2D eigenvalue weighted by molar-refractivity contribution is -0.157. The minimum atomic E-state index is -0.421. The van der Waals surface area contributed by atoms with Crippen molar-refractivity contribution in [1.82, 2.24) is 0 Å². The number of ether oxygens (including phenoxy) is 2. The van der Waals surface area contributed by atoms with Gasteiger partial charge in [-0.25, -0.2) is 0 Å². The molecule has 16 heavy (non-hydrogen) atoms. The minimum Gasteiger partial charge on any atom is -0.460 e. The van der Waals surface area contributed by atoms with Crippen molar-refractivity contribution in [2.45, 2.75) is 33.3 Å². The summed E-state index contributed by atoms with van der Waals surface area (Å²) >= 11 is 0. The molecule has 94 valence electrons. The molecular formula is C12H22O4. The monoisotopic (exact) mass is 230 g/mol. The molecule has 4 nitrogen and oxygen atoms in total. The lowest BCUT2D eigenvalue weighted by Crippen LogP contribution is -2.25. The average Bonchev–Trinajstić information content (AvgIpc) is 2.74. The third-order valence-corrected chi connectivity index (χ3v) is 2.79. The van der Waals surface area contributed by atoms with Gasteiger partial charge in [0.1, 0.15) is 5.60 Å². The van der Waals surface area contributed by atoms with E-state index in [0.29, 0.717) is 19.1 Å². The van der Waals surface area contributed by atoms with Crippen molar-refractivity contribution < 1.29 is 19.4 Å². The zero-order valence-electron chi connectivity index (χ0n) is 10.5. The number of rotatable bonds is 5. The molecular weight excluding hydrogens is 208 g/mol. The number of aliphatic hydroxyl groups is 1. The van der Waals surface area contributed by atoms with Gasteiger partial charge in [0, 0.05) is 0 Å². The molecule has 1 N–H and O–H groups in total. The lowest BCUT2D eigenvalue weighted by Gasteiger charge is -2.19. The van der Waals surface area contributed by atoms with Crippen LogP contribution in [0.1, 0.15) is 27.7 Å². The molecule has 0 aliphatic heterocycles. The highest BCUT2D eigenvalue weighted by Crippen LogP contribution is 2.47. The first-order chi connectivity index (χ1) is 7.37. The van der Waals surface area contributed by atoms with Gasteiger partial charge in [-0.3, -0.25) is 4.79 Å². The Labute approximate surface area is 96.9 Å². The molecule has 3 atom stereocenters. The molecule has 4 heteroatoms. The highest BCUT2D eigenvalue weighted by Gasteiger charge is 2.53. The van der Waals surface area contributed by atoms with E-state index in [4.69, 9.17) is 14.6 Å². The molecule has 1 aliphatic carbocycles. The maximum absolute atomic E-state index is 11.7. The van der Waals surface area contributed by atoms with E-state index in [0.717, 1.165) is 0 Å². The molecule has 1 saturated carbocycles. The zero-order chi connectivity index (χ0) is 12.3. The molecule has 0 spiro atoms. The Balaban J connectivity index is 2.31. The van der Waals surface area contributed by atoms with Gasteiger partial charge in [-0.1, -0.05) is 6.92 Å². The summed E-state index contributed by atoms with van der Waals surface area (Å²) in [5.41, 5.74) is -0.421. The van der Waals surface area contributed by atoms with E-state index in [1.807, 2.05) is 27.7 Å². The average molecular weight is 230 g/mol. The fraction of sp³-hybridized carbons (Fsp3) is 0.917. The molecule has 1 aliphatic rings. The van der Waals surface area contributed by atoms with Crippen LogP contribution in [-0.4, -0.2) is 36.5 Å². The number of esters is 1. The molecule has 0 saturated heterocycles. The normalized spacial score (nSPS) is 28.9. The Hall–Kier alpha value is -0.610. The van der Waals surface area contributed by atoms with E-state index in [2.05, 4.69) is 0 Å². The SMILES string of the molecule is C[C@H]1[C@@H](COCCO)[C@@H]1C(=O)OC(C)(C)C. The third-order valence-electron chi connectivity index (χ3n) is 2.79.